The Kier molecular flexibility index (Phi) is 7.50. The lowest BCUT2D eigenvalue weighted by atomic mass is 9.91. The molecule has 23 heavy (non-hydrogen) atoms. The Hall–Kier alpha value is -0.460. The molecule has 2 unspecified atom stereocenters. The predicted molar refractivity (Wildman–Crippen MR) is 97.2 cm³/mol. The molecule has 2 atom stereocenters. The van der Waals surface area contributed by atoms with E-state index >= 15 is 0 Å². The van der Waals surface area contributed by atoms with Crippen LogP contribution in [-0.2, 0) is 4.74 Å². The van der Waals surface area contributed by atoms with Gasteiger partial charge in [-0.2, -0.15) is 11.8 Å². The third kappa shape index (κ3) is 7.77. The Morgan fingerprint density at radius 1 is 1.22 bits per heavy atom. The molecule has 1 saturated heterocycles. The van der Waals surface area contributed by atoms with Crippen molar-refractivity contribution in [3.63, 3.8) is 0 Å². The number of ether oxygens (including phenoxy) is 1. The zero-order valence-electron chi connectivity index (χ0n) is 14.9. The predicted octanol–water partition coefficient (Wildman–Crippen LogP) is 2.46. The number of alkyl carbamates (subject to hydrolysis) is 1. The lowest BCUT2D eigenvalue weighted by Crippen LogP contribution is -2.47. The van der Waals surface area contributed by atoms with Crippen molar-refractivity contribution in [1.29, 1.82) is 0 Å². The van der Waals surface area contributed by atoms with Gasteiger partial charge in [0.05, 0.1) is 0 Å². The normalized spacial score (nSPS) is 26.7. The Morgan fingerprint density at radius 3 is 2.61 bits per heavy atom. The minimum atomic E-state index is -0.427. The third-order valence-corrected chi connectivity index (χ3v) is 5.30. The zero-order chi connectivity index (χ0) is 16.7. The van der Waals surface area contributed by atoms with Crippen LogP contribution in [0.1, 0.15) is 46.5 Å². The Bertz CT molecular complexity index is 367. The molecule has 134 valence electrons. The molecule has 6 heteroatoms. The standard InChI is InChI=1S/C17H33N3O2S/c1-17(2,3)22-16(21)19-15-6-4-5-14(13-15)18-7-8-20-9-11-23-12-10-20/h14-15,18H,4-13H2,1-3H3,(H,19,21). The molecule has 0 bridgehead atoms. The topological polar surface area (TPSA) is 53.6 Å². The van der Waals surface area contributed by atoms with Crippen LogP contribution in [0.15, 0.2) is 0 Å². The first-order valence-electron chi connectivity index (χ1n) is 8.95. The average molecular weight is 344 g/mol. The molecule has 0 spiro atoms. The number of rotatable bonds is 5. The molecular weight excluding hydrogens is 310 g/mol. The molecule has 0 radical (unpaired) electrons. The van der Waals surface area contributed by atoms with E-state index in [9.17, 15) is 4.79 Å². The number of nitrogens with one attached hydrogen (secondary N) is 2. The Balaban J connectivity index is 1.63. The Morgan fingerprint density at radius 2 is 1.91 bits per heavy atom. The zero-order valence-corrected chi connectivity index (χ0v) is 15.7. The van der Waals surface area contributed by atoms with Crippen molar-refractivity contribution < 1.29 is 9.53 Å². The summed E-state index contributed by atoms with van der Waals surface area (Å²) in [5.74, 6) is 2.54. The fourth-order valence-corrected chi connectivity index (χ4v) is 4.21. The van der Waals surface area contributed by atoms with Crippen LogP contribution in [0.4, 0.5) is 4.79 Å². The molecule has 2 rings (SSSR count). The van der Waals surface area contributed by atoms with E-state index in [1.165, 1.54) is 37.4 Å². The van der Waals surface area contributed by atoms with Crippen LogP contribution < -0.4 is 10.6 Å². The van der Waals surface area contributed by atoms with Gasteiger partial charge in [0.25, 0.3) is 0 Å². The summed E-state index contributed by atoms with van der Waals surface area (Å²) in [6.07, 6.45) is 4.16. The summed E-state index contributed by atoms with van der Waals surface area (Å²) in [5.41, 5.74) is -0.427. The maximum atomic E-state index is 11.9. The van der Waals surface area contributed by atoms with Gasteiger partial charge in [0.15, 0.2) is 0 Å². The molecule has 1 heterocycles. The molecule has 5 nitrogen and oxygen atoms in total. The highest BCUT2D eigenvalue weighted by molar-refractivity contribution is 7.99. The highest BCUT2D eigenvalue weighted by atomic mass is 32.2. The molecule has 0 aromatic heterocycles. The summed E-state index contributed by atoms with van der Waals surface area (Å²) in [6, 6.07) is 0.755. The van der Waals surface area contributed by atoms with Gasteiger partial charge in [-0.05, 0) is 46.5 Å². The van der Waals surface area contributed by atoms with E-state index in [1.807, 2.05) is 20.8 Å². The van der Waals surface area contributed by atoms with Crippen LogP contribution in [0.5, 0.6) is 0 Å². The van der Waals surface area contributed by atoms with Gasteiger partial charge in [0.1, 0.15) is 5.60 Å². The third-order valence-electron chi connectivity index (χ3n) is 4.36. The van der Waals surface area contributed by atoms with Crippen LogP contribution in [0, 0.1) is 0 Å². The number of nitrogens with zero attached hydrogens (tertiary/aromatic N) is 1. The van der Waals surface area contributed by atoms with Crippen molar-refractivity contribution in [1.82, 2.24) is 15.5 Å². The molecule has 0 aromatic carbocycles. The van der Waals surface area contributed by atoms with Gasteiger partial charge in [-0.15, -0.1) is 0 Å². The van der Waals surface area contributed by atoms with Crippen LogP contribution >= 0.6 is 11.8 Å². The van der Waals surface area contributed by atoms with Gasteiger partial charge in [0.2, 0.25) is 0 Å². The highest BCUT2D eigenvalue weighted by Crippen LogP contribution is 2.19. The number of amides is 1. The minimum Gasteiger partial charge on any atom is -0.444 e. The van der Waals surface area contributed by atoms with Gasteiger partial charge in [-0.1, -0.05) is 0 Å². The Labute approximate surface area is 145 Å². The van der Waals surface area contributed by atoms with Gasteiger partial charge in [0, 0.05) is 49.8 Å². The van der Waals surface area contributed by atoms with E-state index in [4.69, 9.17) is 4.74 Å². The summed E-state index contributed by atoms with van der Waals surface area (Å²) in [7, 11) is 0. The number of hydrogen-bond acceptors (Lipinski definition) is 5. The van der Waals surface area contributed by atoms with Gasteiger partial charge < -0.3 is 20.3 Å². The smallest absolute Gasteiger partial charge is 0.407 e. The lowest BCUT2D eigenvalue weighted by Gasteiger charge is -2.32. The summed E-state index contributed by atoms with van der Waals surface area (Å²) in [5, 5.41) is 6.71. The van der Waals surface area contributed by atoms with Crippen LogP contribution in [0.2, 0.25) is 0 Å². The molecule has 2 fully saturated rings. The molecule has 1 aliphatic carbocycles. The lowest BCUT2D eigenvalue weighted by molar-refractivity contribution is 0.0488. The summed E-state index contributed by atoms with van der Waals surface area (Å²) >= 11 is 2.06. The molecule has 0 aromatic rings. The first kappa shape index (κ1) is 18.9. The summed E-state index contributed by atoms with van der Waals surface area (Å²) in [6.45, 7) is 10.3. The summed E-state index contributed by atoms with van der Waals surface area (Å²) in [4.78, 5) is 14.4. The highest BCUT2D eigenvalue weighted by Gasteiger charge is 2.25. The van der Waals surface area contributed by atoms with E-state index in [-0.39, 0.29) is 12.1 Å². The molecule has 1 aliphatic heterocycles. The quantitative estimate of drug-likeness (QED) is 0.803. The van der Waals surface area contributed by atoms with Gasteiger partial charge in [-0.25, -0.2) is 4.79 Å². The molecule has 2 N–H and O–H groups in total. The molecule has 1 amide bonds. The first-order valence-corrected chi connectivity index (χ1v) is 10.1. The second-order valence-electron chi connectivity index (χ2n) is 7.61. The second-order valence-corrected chi connectivity index (χ2v) is 8.84. The largest absolute Gasteiger partial charge is 0.444 e. The van der Waals surface area contributed by atoms with E-state index in [0.29, 0.717) is 6.04 Å². The molecule has 1 saturated carbocycles. The van der Waals surface area contributed by atoms with Crippen molar-refractivity contribution in [2.45, 2.75) is 64.1 Å². The molecule has 2 aliphatic rings. The van der Waals surface area contributed by atoms with Crippen molar-refractivity contribution in [3.05, 3.63) is 0 Å². The van der Waals surface area contributed by atoms with Crippen LogP contribution in [0.25, 0.3) is 0 Å². The minimum absolute atomic E-state index is 0.238. The molecular formula is C17H33N3O2S. The maximum absolute atomic E-state index is 11.9. The maximum Gasteiger partial charge on any atom is 0.407 e. The number of thioether (sulfide) groups is 1. The number of carbonyl (C=O) groups excluding carboxylic acids is 1. The average Bonchev–Trinajstić information content (AvgIpc) is 2.46. The van der Waals surface area contributed by atoms with Crippen LogP contribution in [-0.4, -0.2) is 66.4 Å². The fourth-order valence-electron chi connectivity index (χ4n) is 3.23. The number of carbonyl (C=O) groups is 1. The number of hydrogen-bond donors (Lipinski definition) is 2. The monoisotopic (exact) mass is 343 g/mol. The van der Waals surface area contributed by atoms with E-state index in [0.717, 1.165) is 25.9 Å². The van der Waals surface area contributed by atoms with Crippen molar-refractivity contribution in [3.8, 4) is 0 Å². The van der Waals surface area contributed by atoms with Crippen molar-refractivity contribution in [2.75, 3.05) is 37.7 Å². The fraction of sp³-hybridized carbons (Fsp3) is 0.941. The van der Waals surface area contributed by atoms with Gasteiger partial charge >= 0.3 is 6.09 Å². The SMILES string of the molecule is CC(C)(C)OC(=O)NC1CCCC(NCCN2CCSCC2)C1. The van der Waals surface area contributed by atoms with Gasteiger partial charge in [-0.3, -0.25) is 0 Å². The first-order chi connectivity index (χ1) is 10.9. The van der Waals surface area contributed by atoms with Crippen molar-refractivity contribution >= 4 is 17.9 Å². The van der Waals surface area contributed by atoms with E-state index in [1.54, 1.807) is 0 Å². The second kappa shape index (κ2) is 9.14. The van der Waals surface area contributed by atoms with Crippen LogP contribution in [0.3, 0.4) is 0 Å². The van der Waals surface area contributed by atoms with Crippen molar-refractivity contribution in [2.24, 2.45) is 0 Å². The summed E-state index contributed by atoms with van der Waals surface area (Å²) < 4.78 is 5.36. The van der Waals surface area contributed by atoms with E-state index in [2.05, 4.69) is 27.3 Å². The van der Waals surface area contributed by atoms with E-state index < -0.39 is 5.60 Å².